The molecule has 0 saturated carbocycles. The summed E-state index contributed by atoms with van der Waals surface area (Å²) >= 11 is 0. The van der Waals surface area contributed by atoms with Crippen LogP contribution in [0.4, 0.5) is 10.6 Å². The average Bonchev–Trinajstić information content (AvgIpc) is 3.04. The standard InChI is InChI=1S/C17H17N5O3/c1-24-16-11-9-18-15(8-13(11)21-22-16)20-17(23)19-12-6-7-25-14-5-3-2-4-10(12)14/h2-5,8-9,12H,6-7H2,1H3,(H,21,22)(H2,18,19,20,23)/t12-/m1/s1. The second-order valence-electron chi connectivity index (χ2n) is 5.67. The Morgan fingerprint density at radius 3 is 3.16 bits per heavy atom. The number of urea groups is 1. The molecule has 2 amide bonds. The number of aromatic amines is 1. The molecule has 0 saturated heterocycles. The maximum absolute atomic E-state index is 12.3. The van der Waals surface area contributed by atoms with Gasteiger partial charge in [0.25, 0.3) is 0 Å². The van der Waals surface area contributed by atoms with Crippen molar-refractivity contribution in [1.29, 1.82) is 0 Å². The normalized spacial score (nSPS) is 16.0. The molecule has 0 radical (unpaired) electrons. The van der Waals surface area contributed by atoms with Crippen LogP contribution < -0.4 is 20.1 Å². The number of rotatable bonds is 3. The zero-order valence-corrected chi connectivity index (χ0v) is 13.6. The molecule has 128 valence electrons. The van der Waals surface area contributed by atoms with E-state index < -0.39 is 0 Å². The first-order valence-electron chi connectivity index (χ1n) is 7.92. The van der Waals surface area contributed by atoms with Crippen LogP contribution in [0.15, 0.2) is 36.5 Å². The van der Waals surface area contributed by atoms with E-state index in [1.54, 1.807) is 19.4 Å². The Morgan fingerprint density at radius 1 is 1.40 bits per heavy atom. The highest BCUT2D eigenvalue weighted by Crippen LogP contribution is 2.31. The number of hydrogen-bond acceptors (Lipinski definition) is 5. The van der Waals surface area contributed by atoms with E-state index in [-0.39, 0.29) is 12.1 Å². The second-order valence-corrected chi connectivity index (χ2v) is 5.67. The molecule has 2 aromatic heterocycles. The van der Waals surface area contributed by atoms with Crippen LogP contribution in [-0.4, -0.2) is 34.9 Å². The van der Waals surface area contributed by atoms with E-state index in [9.17, 15) is 4.79 Å². The van der Waals surface area contributed by atoms with Gasteiger partial charge in [-0.1, -0.05) is 18.2 Å². The van der Waals surface area contributed by atoms with E-state index in [4.69, 9.17) is 9.47 Å². The fraction of sp³-hybridized carbons (Fsp3) is 0.235. The molecular formula is C17H17N5O3. The second kappa shape index (κ2) is 6.31. The van der Waals surface area contributed by atoms with Gasteiger partial charge in [0, 0.05) is 24.2 Å². The average molecular weight is 339 g/mol. The molecule has 1 aliphatic rings. The van der Waals surface area contributed by atoms with Crippen molar-refractivity contribution >= 4 is 22.8 Å². The van der Waals surface area contributed by atoms with Gasteiger partial charge in [0.15, 0.2) is 0 Å². The number of hydrogen-bond donors (Lipinski definition) is 3. The number of carbonyl (C=O) groups excluding carboxylic acids is 1. The van der Waals surface area contributed by atoms with E-state index in [0.29, 0.717) is 24.7 Å². The summed E-state index contributed by atoms with van der Waals surface area (Å²) in [5, 5.41) is 13.3. The van der Waals surface area contributed by atoms with Crippen molar-refractivity contribution in [2.24, 2.45) is 0 Å². The van der Waals surface area contributed by atoms with Crippen LogP contribution in [0.5, 0.6) is 11.6 Å². The van der Waals surface area contributed by atoms with Crippen LogP contribution in [0.1, 0.15) is 18.0 Å². The molecule has 0 spiro atoms. The number of pyridine rings is 1. The number of anilines is 1. The van der Waals surface area contributed by atoms with Crippen molar-refractivity contribution in [2.45, 2.75) is 12.5 Å². The fourth-order valence-corrected chi connectivity index (χ4v) is 2.92. The Hall–Kier alpha value is -3.29. The summed E-state index contributed by atoms with van der Waals surface area (Å²) in [7, 11) is 1.54. The van der Waals surface area contributed by atoms with Crippen LogP contribution in [0, 0.1) is 0 Å². The molecule has 3 aromatic rings. The number of para-hydroxylation sites is 1. The Labute approximate surface area is 143 Å². The van der Waals surface area contributed by atoms with Gasteiger partial charge in [0.2, 0.25) is 5.88 Å². The molecule has 1 aromatic carbocycles. The van der Waals surface area contributed by atoms with Gasteiger partial charge < -0.3 is 14.8 Å². The SMILES string of the molecule is COc1n[nH]c2cc(NC(=O)N[C@@H]3CCOc4ccccc43)ncc12. The predicted molar refractivity (Wildman–Crippen MR) is 91.9 cm³/mol. The molecule has 0 fully saturated rings. The fourth-order valence-electron chi connectivity index (χ4n) is 2.92. The third kappa shape index (κ3) is 2.93. The van der Waals surface area contributed by atoms with Crippen LogP contribution in [0.25, 0.3) is 10.9 Å². The Kier molecular flexibility index (Phi) is 3.85. The van der Waals surface area contributed by atoms with Gasteiger partial charge in [-0.15, -0.1) is 5.10 Å². The summed E-state index contributed by atoms with van der Waals surface area (Å²) < 4.78 is 10.7. The molecule has 25 heavy (non-hydrogen) atoms. The molecular weight excluding hydrogens is 322 g/mol. The highest BCUT2D eigenvalue weighted by molar-refractivity contribution is 5.92. The molecule has 0 bridgehead atoms. The number of H-pyrrole nitrogens is 1. The Bertz CT molecular complexity index is 924. The van der Waals surface area contributed by atoms with Crippen molar-refractivity contribution in [3.05, 3.63) is 42.1 Å². The smallest absolute Gasteiger partial charge is 0.320 e. The van der Waals surface area contributed by atoms with Gasteiger partial charge in [-0.2, -0.15) is 0 Å². The molecule has 8 heteroatoms. The number of carbonyl (C=O) groups is 1. The topological polar surface area (TPSA) is 101 Å². The summed E-state index contributed by atoms with van der Waals surface area (Å²) in [6.45, 7) is 0.570. The third-order valence-electron chi connectivity index (χ3n) is 4.11. The third-order valence-corrected chi connectivity index (χ3v) is 4.11. The number of benzene rings is 1. The van der Waals surface area contributed by atoms with Gasteiger partial charge in [-0.3, -0.25) is 10.4 Å². The number of aromatic nitrogens is 3. The number of nitrogens with zero attached hydrogens (tertiary/aromatic N) is 2. The first-order chi connectivity index (χ1) is 12.2. The molecule has 1 atom stereocenters. The number of amides is 2. The van der Waals surface area contributed by atoms with Crippen molar-refractivity contribution in [3.63, 3.8) is 0 Å². The molecule has 8 nitrogen and oxygen atoms in total. The lowest BCUT2D eigenvalue weighted by Gasteiger charge is -2.26. The van der Waals surface area contributed by atoms with E-state index in [2.05, 4.69) is 25.8 Å². The highest BCUT2D eigenvalue weighted by Gasteiger charge is 2.22. The molecule has 1 aliphatic heterocycles. The van der Waals surface area contributed by atoms with Crippen LogP contribution in [-0.2, 0) is 0 Å². The first kappa shape index (κ1) is 15.3. The minimum Gasteiger partial charge on any atom is -0.493 e. The van der Waals surface area contributed by atoms with Crippen LogP contribution in [0.2, 0.25) is 0 Å². The zero-order chi connectivity index (χ0) is 17.2. The minimum absolute atomic E-state index is 0.0964. The van der Waals surface area contributed by atoms with Crippen molar-refractivity contribution in [3.8, 4) is 11.6 Å². The molecule has 3 heterocycles. The number of fused-ring (bicyclic) bond motifs is 2. The summed E-state index contributed by atoms with van der Waals surface area (Å²) in [4.78, 5) is 16.6. The maximum atomic E-state index is 12.3. The van der Waals surface area contributed by atoms with Crippen molar-refractivity contribution in [2.75, 3.05) is 19.0 Å². The maximum Gasteiger partial charge on any atom is 0.320 e. The lowest BCUT2D eigenvalue weighted by atomic mass is 10.0. The first-order valence-corrected chi connectivity index (χ1v) is 7.92. The lowest BCUT2D eigenvalue weighted by molar-refractivity contribution is 0.232. The van der Waals surface area contributed by atoms with E-state index in [0.717, 1.165) is 22.2 Å². The highest BCUT2D eigenvalue weighted by atomic mass is 16.5. The predicted octanol–water partition coefficient (Wildman–Crippen LogP) is 2.61. The van der Waals surface area contributed by atoms with Crippen molar-refractivity contribution in [1.82, 2.24) is 20.5 Å². The van der Waals surface area contributed by atoms with E-state index >= 15 is 0 Å². The van der Waals surface area contributed by atoms with E-state index in [1.807, 2.05) is 24.3 Å². The lowest BCUT2D eigenvalue weighted by Crippen LogP contribution is -2.35. The molecule has 0 aliphatic carbocycles. The van der Waals surface area contributed by atoms with Gasteiger partial charge >= 0.3 is 6.03 Å². The minimum atomic E-state index is -0.319. The zero-order valence-electron chi connectivity index (χ0n) is 13.6. The largest absolute Gasteiger partial charge is 0.493 e. The van der Waals surface area contributed by atoms with E-state index in [1.165, 1.54) is 0 Å². The monoisotopic (exact) mass is 339 g/mol. The number of ether oxygens (including phenoxy) is 2. The van der Waals surface area contributed by atoms with Crippen molar-refractivity contribution < 1.29 is 14.3 Å². The molecule has 3 N–H and O–H groups in total. The van der Waals surface area contributed by atoms with Gasteiger partial charge in [-0.25, -0.2) is 9.78 Å². The Balaban J connectivity index is 1.48. The van der Waals surface area contributed by atoms with Gasteiger partial charge in [0.1, 0.15) is 11.6 Å². The van der Waals surface area contributed by atoms with Gasteiger partial charge in [0.05, 0.1) is 30.7 Å². The number of nitrogens with one attached hydrogen (secondary N) is 3. The summed E-state index contributed by atoms with van der Waals surface area (Å²) in [5.74, 6) is 1.71. The quantitative estimate of drug-likeness (QED) is 0.681. The van der Waals surface area contributed by atoms with Crippen LogP contribution >= 0.6 is 0 Å². The molecule has 4 rings (SSSR count). The summed E-state index contributed by atoms with van der Waals surface area (Å²) in [6, 6.07) is 9.01. The van der Waals surface area contributed by atoms with Crippen LogP contribution in [0.3, 0.4) is 0 Å². The Morgan fingerprint density at radius 2 is 2.28 bits per heavy atom. The number of methoxy groups -OCH3 is 1. The summed E-state index contributed by atoms with van der Waals surface area (Å²) in [5.41, 5.74) is 1.71. The molecule has 0 unspecified atom stereocenters. The van der Waals surface area contributed by atoms with Gasteiger partial charge in [-0.05, 0) is 6.07 Å². The summed E-state index contributed by atoms with van der Waals surface area (Å²) in [6.07, 6.45) is 2.33.